The van der Waals surface area contributed by atoms with Crippen LogP contribution >= 0.6 is 0 Å². The SMILES string of the molecule is Cc1cccc(N2C[C@@H](C(=O)OCC(=O)c3ccc(F)cc3)CC2=O)c1. The highest BCUT2D eigenvalue weighted by Crippen LogP contribution is 2.26. The molecule has 1 amide bonds. The number of ether oxygens (including phenoxy) is 1. The fourth-order valence-corrected chi connectivity index (χ4v) is 2.88. The highest BCUT2D eigenvalue weighted by molar-refractivity contribution is 6.01. The predicted octanol–water partition coefficient (Wildman–Crippen LogP) is 2.91. The summed E-state index contributed by atoms with van der Waals surface area (Å²) in [5.74, 6) is -2.20. The molecule has 26 heavy (non-hydrogen) atoms. The number of carbonyl (C=O) groups is 3. The molecule has 1 saturated heterocycles. The number of hydrogen-bond donors (Lipinski definition) is 0. The van der Waals surface area contributed by atoms with Crippen LogP contribution in [0.1, 0.15) is 22.3 Å². The number of aryl methyl sites for hydroxylation is 1. The van der Waals surface area contributed by atoms with Crippen LogP contribution in [0.5, 0.6) is 0 Å². The van der Waals surface area contributed by atoms with E-state index in [1.54, 1.807) is 4.90 Å². The van der Waals surface area contributed by atoms with Gasteiger partial charge in [-0.1, -0.05) is 12.1 Å². The molecule has 0 aromatic heterocycles. The molecule has 1 heterocycles. The van der Waals surface area contributed by atoms with Gasteiger partial charge in [0.15, 0.2) is 12.4 Å². The van der Waals surface area contributed by atoms with Gasteiger partial charge in [-0.05, 0) is 48.9 Å². The molecule has 2 aromatic rings. The van der Waals surface area contributed by atoms with Gasteiger partial charge in [-0.3, -0.25) is 14.4 Å². The van der Waals surface area contributed by atoms with E-state index in [1.165, 1.54) is 24.3 Å². The van der Waals surface area contributed by atoms with E-state index in [-0.39, 0.29) is 24.4 Å². The normalized spacial score (nSPS) is 16.6. The van der Waals surface area contributed by atoms with Crippen LogP contribution in [0.3, 0.4) is 0 Å². The van der Waals surface area contributed by atoms with Crippen molar-refractivity contribution >= 4 is 23.3 Å². The van der Waals surface area contributed by atoms with Gasteiger partial charge in [0.05, 0.1) is 5.92 Å². The number of hydrogen-bond acceptors (Lipinski definition) is 4. The molecule has 0 unspecified atom stereocenters. The van der Waals surface area contributed by atoms with Crippen LogP contribution in [0.4, 0.5) is 10.1 Å². The van der Waals surface area contributed by atoms with Crippen molar-refractivity contribution in [2.75, 3.05) is 18.1 Å². The molecule has 6 heteroatoms. The monoisotopic (exact) mass is 355 g/mol. The second-order valence-corrected chi connectivity index (χ2v) is 6.28. The summed E-state index contributed by atoms with van der Waals surface area (Å²) < 4.78 is 17.9. The summed E-state index contributed by atoms with van der Waals surface area (Å²) in [4.78, 5) is 38.0. The lowest BCUT2D eigenvalue weighted by Gasteiger charge is -2.17. The van der Waals surface area contributed by atoms with Gasteiger partial charge in [-0.15, -0.1) is 0 Å². The lowest BCUT2D eigenvalue weighted by Crippen LogP contribution is -2.27. The van der Waals surface area contributed by atoms with Gasteiger partial charge in [0.2, 0.25) is 5.91 Å². The number of anilines is 1. The topological polar surface area (TPSA) is 63.7 Å². The zero-order valence-electron chi connectivity index (χ0n) is 14.3. The van der Waals surface area contributed by atoms with E-state index in [9.17, 15) is 18.8 Å². The lowest BCUT2D eigenvalue weighted by molar-refractivity contribution is -0.147. The Kier molecular flexibility index (Phi) is 5.11. The van der Waals surface area contributed by atoms with Gasteiger partial charge >= 0.3 is 5.97 Å². The molecule has 0 bridgehead atoms. The quantitative estimate of drug-likeness (QED) is 0.611. The van der Waals surface area contributed by atoms with E-state index >= 15 is 0 Å². The molecule has 5 nitrogen and oxygen atoms in total. The van der Waals surface area contributed by atoms with Crippen molar-refractivity contribution in [2.24, 2.45) is 5.92 Å². The molecular weight excluding hydrogens is 337 g/mol. The number of carbonyl (C=O) groups excluding carboxylic acids is 3. The minimum absolute atomic E-state index is 0.0531. The number of rotatable bonds is 5. The van der Waals surface area contributed by atoms with Crippen molar-refractivity contribution < 1.29 is 23.5 Å². The van der Waals surface area contributed by atoms with Gasteiger partial charge in [0, 0.05) is 24.2 Å². The van der Waals surface area contributed by atoms with E-state index in [1.807, 2.05) is 31.2 Å². The Balaban J connectivity index is 1.58. The first-order valence-electron chi connectivity index (χ1n) is 8.26. The number of amides is 1. The number of ketones is 1. The Morgan fingerprint density at radius 1 is 1.19 bits per heavy atom. The Morgan fingerprint density at radius 2 is 1.92 bits per heavy atom. The van der Waals surface area contributed by atoms with E-state index in [2.05, 4.69) is 0 Å². The first-order chi connectivity index (χ1) is 12.4. The summed E-state index contributed by atoms with van der Waals surface area (Å²) >= 11 is 0. The molecule has 3 rings (SSSR count). The predicted molar refractivity (Wildman–Crippen MR) is 93.3 cm³/mol. The van der Waals surface area contributed by atoms with E-state index in [0.717, 1.165) is 11.3 Å². The van der Waals surface area contributed by atoms with E-state index in [4.69, 9.17) is 4.74 Å². The Labute approximate surface area is 150 Å². The number of nitrogens with zero attached hydrogens (tertiary/aromatic N) is 1. The maximum atomic E-state index is 12.9. The first kappa shape index (κ1) is 17.8. The molecule has 0 saturated carbocycles. The molecule has 0 radical (unpaired) electrons. The van der Waals surface area contributed by atoms with Gasteiger partial charge < -0.3 is 9.64 Å². The molecule has 1 aliphatic rings. The fourth-order valence-electron chi connectivity index (χ4n) is 2.88. The van der Waals surface area contributed by atoms with Crippen LogP contribution in [-0.4, -0.2) is 30.8 Å². The van der Waals surface area contributed by atoms with Gasteiger partial charge in [0.25, 0.3) is 0 Å². The number of halogens is 1. The van der Waals surface area contributed by atoms with Crippen molar-refractivity contribution in [3.05, 3.63) is 65.5 Å². The molecule has 0 N–H and O–H groups in total. The smallest absolute Gasteiger partial charge is 0.311 e. The fraction of sp³-hybridized carbons (Fsp3) is 0.250. The first-order valence-corrected chi connectivity index (χ1v) is 8.26. The maximum Gasteiger partial charge on any atom is 0.311 e. The van der Waals surface area contributed by atoms with Crippen molar-refractivity contribution in [2.45, 2.75) is 13.3 Å². The molecule has 1 fully saturated rings. The van der Waals surface area contributed by atoms with Crippen LogP contribution in [0.2, 0.25) is 0 Å². The van der Waals surface area contributed by atoms with Crippen LogP contribution in [0.25, 0.3) is 0 Å². The Hall–Kier alpha value is -3.02. The van der Waals surface area contributed by atoms with Crippen molar-refractivity contribution in [3.63, 3.8) is 0 Å². The largest absolute Gasteiger partial charge is 0.457 e. The minimum atomic E-state index is -0.607. The molecular formula is C20H18FNO4. The van der Waals surface area contributed by atoms with Gasteiger partial charge in [0.1, 0.15) is 5.82 Å². The van der Waals surface area contributed by atoms with E-state index < -0.39 is 30.1 Å². The third-order valence-electron chi connectivity index (χ3n) is 4.28. The minimum Gasteiger partial charge on any atom is -0.457 e. The van der Waals surface area contributed by atoms with Crippen molar-refractivity contribution in [3.8, 4) is 0 Å². The van der Waals surface area contributed by atoms with Crippen molar-refractivity contribution in [1.29, 1.82) is 0 Å². The summed E-state index contributed by atoms with van der Waals surface area (Å²) in [5.41, 5.74) is 2.03. The molecule has 134 valence electrons. The average Bonchev–Trinajstić information content (AvgIpc) is 3.02. The van der Waals surface area contributed by atoms with Crippen LogP contribution in [0, 0.1) is 18.7 Å². The van der Waals surface area contributed by atoms with Crippen LogP contribution in [-0.2, 0) is 14.3 Å². The number of Topliss-reactive ketones (excluding diaryl/α,β-unsaturated/α-hetero) is 1. The summed E-state index contributed by atoms with van der Waals surface area (Å²) in [5, 5.41) is 0. The Morgan fingerprint density at radius 3 is 2.62 bits per heavy atom. The van der Waals surface area contributed by atoms with E-state index in [0.29, 0.717) is 0 Å². The van der Waals surface area contributed by atoms with Gasteiger partial charge in [-0.25, -0.2) is 4.39 Å². The van der Waals surface area contributed by atoms with Crippen molar-refractivity contribution in [1.82, 2.24) is 0 Å². The molecule has 0 spiro atoms. The zero-order valence-corrected chi connectivity index (χ0v) is 14.3. The van der Waals surface area contributed by atoms with Crippen LogP contribution < -0.4 is 4.90 Å². The molecule has 1 atom stereocenters. The zero-order chi connectivity index (χ0) is 18.7. The molecule has 0 aliphatic carbocycles. The summed E-state index contributed by atoms with van der Waals surface area (Å²) in [6, 6.07) is 12.5. The summed E-state index contributed by atoms with van der Waals surface area (Å²) in [6.45, 7) is 1.72. The highest BCUT2D eigenvalue weighted by atomic mass is 19.1. The molecule has 2 aromatic carbocycles. The average molecular weight is 355 g/mol. The molecule has 1 aliphatic heterocycles. The second-order valence-electron chi connectivity index (χ2n) is 6.28. The van der Waals surface area contributed by atoms with Gasteiger partial charge in [-0.2, -0.15) is 0 Å². The highest BCUT2D eigenvalue weighted by Gasteiger charge is 2.36. The second kappa shape index (κ2) is 7.47. The third-order valence-corrected chi connectivity index (χ3v) is 4.28. The lowest BCUT2D eigenvalue weighted by atomic mass is 10.1. The summed E-state index contributed by atoms with van der Waals surface area (Å²) in [6.07, 6.45) is 0.0531. The van der Waals surface area contributed by atoms with Crippen LogP contribution in [0.15, 0.2) is 48.5 Å². The number of benzene rings is 2. The standard InChI is InChI=1S/C20H18FNO4/c1-13-3-2-4-17(9-13)22-11-15(10-19(22)24)20(25)26-12-18(23)14-5-7-16(21)8-6-14/h2-9,15H,10-12H2,1H3/t15-/m0/s1. The Bertz CT molecular complexity index is 847. The third kappa shape index (κ3) is 3.96. The number of esters is 1. The summed E-state index contributed by atoms with van der Waals surface area (Å²) in [7, 11) is 0. The maximum absolute atomic E-state index is 12.9.